The van der Waals surface area contributed by atoms with E-state index in [9.17, 15) is 4.79 Å². The van der Waals surface area contributed by atoms with Gasteiger partial charge in [0, 0.05) is 18.1 Å². The van der Waals surface area contributed by atoms with Gasteiger partial charge >= 0.3 is 0 Å². The molecule has 7 heteroatoms. The van der Waals surface area contributed by atoms with E-state index in [-0.39, 0.29) is 5.91 Å². The topological polar surface area (TPSA) is 51.0 Å². The van der Waals surface area contributed by atoms with Gasteiger partial charge in [-0.15, -0.1) is 10.2 Å². The molecule has 0 N–H and O–H groups in total. The number of nitrogens with zero attached hydrogens (tertiary/aromatic N) is 4. The molecular weight excluding hydrogens is 356 g/mol. The van der Waals surface area contributed by atoms with E-state index in [2.05, 4.69) is 10.2 Å². The monoisotopic (exact) mass is 376 g/mol. The number of hydrogen-bond donors (Lipinski definition) is 0. The zero-order chi connectivity index (χ0) is 17.4. The summed E-state index contributed by atoms with van der Waals surface area (Å²) in [7, 11) is 1.96. The maximum Gasteiger partial charge on any atom is 0.233 e. The summed E-state index contributed by atoms with van der Waals surface area (Å²) in [4.78, 5) is 14.7. The van der Waals surface area contributed by atoms with Crippen molar-refractivity contribution >= 4 is 29.3 Å². The first-order valence-electron chi connectivity index (χ1n) is 8.68. The SMILES string of the molecule is CN(C(=O)CSc1nncn1-c1cccc(Cl)c1)C(C1CC1)C1CC1. The van der Waals surface area contributed by atoms with Crippen LogP contribution in [0.1, 0.15) is 25.7 Å². The molecule has 2 aromatic rings. The summed E-state index contributed by atoms with van der Waals surface area (Å²) in [5, 5.41) is 9.51. The summed E-state index contributed by atoms with van der Waals surface area (Å²) in [6.07, 6.45) is 6.74. The van der Waals surface area contributed by atoms with Crippen molar-refractivity contribution in [3.63, 3.8) is 0 Å². The quantitative estimate of drug-likeness (QED) is 0.692. The van der Waals surface area contributed by atoms with Gasteiger partial charge in [0.25, 0.3) is 0 Å². The minimum atomic E-state index is 0.175. The highest BCUT2D eigenvalue weighted by Gasteiger charge is 2.44. The van der Waals surface area contributed by atoms with Crippen LogP contribution in [0.3, 0.4) is 0 Å². The van der Waals surface area contributed by atoms with Gasteiger partial charge in [-0.1, -0.05) is 29.4 Å². The molecule has 0 unspecified atom stereocenters. The Morgan fingerprint density at radius 2 is 2.08 bits per heavy atom. The predicted molar refractivity (Wildman–Crippen MR) is 99.1 cm³/mol. The fraction of sp³-hybridized carbons (Fsp3) is 0.500. The Kier molecular flexibility index (Phi) is 4.73. The number of carbonyl (C=O) groups excluding carboxylic acids is 1. The molecule has 132 valence electrons. The van der Waals surface area contributed by atoms with E-state index in [1.54, 1.807) is 6.33 Å². The van der Waals surface area contributed by atoms with E-state index < -0.39 is 0 Å². The molecule has 5 nitrogen and oxygen atoms in total. The second kappa shape index (κ2) is 7.00. The number of benzene rings is 1. The average molecular weight is 377 g/mol. The molecule has 1 aromatic carbocycles. The molecule has 4 rings (SSSR count). The van der Waals surface area contributed by atoms with Crippen molar-refractivity contribution in [3.05, 3.63) is 35.6 Å². The molecule has 0 bridgehead atoms. The molecule has 1 aromatic heterocycles. The number of thioether (sulfide) groups is 1. The summed E-state index contributed by atoms with van der Waals surface area (Å²) in [5.74, 6) is 2.00. The van der Waals surface area contributed by atoms with Gasteiger partial charge in [-0.3, -0.25) is 9.36 Å². The van der Waals surface area contributed by atoms with Crippen molar-refractivity contribution in [2.75, 3.05) is 12.8 Å². The lowest BCUT2D eigenvalue weighted by Gasteiger charge is -2.28. The maximum atomic E-state index is 12.7. The second-order valence-corrected chi connectivity index (χ2v) is 8.30. The summed E-state index contributed by atoms with van der Waals surface area (Å²) >= 11 is 7.49. The van der Waals surface area contributed by atoms with Crippen LogP contribution in [-0.2, 0) is 4.79 Å². The molecule has 0 spiro atoms. The lowest BCUT2D eigenvalue weighted by molar-refractivity contribution is -0.130. The van der Waals surface area contributed by atoms with Gasteiger partial charge < -0.3 is 4.90 Å². The summed E-state index contributed by atoms with van der Waals surface area (Å²) < 4.78 is 1.86. The van der Waals surface area contributed by atoms with Gasteiger partial charge in [0.1, 0.15) is 6.33 Å². The van der Waals surface area contributed by atoms with Gasteiger partial charge in [0.05, 0.1) is 11.4 Å². The Labute approximate surface area is 156 Å². The van der Waals surface area contributed by atoms with Gasteiger partial charge in [0.2, 0.25) is 5.91 Å². The zero-order valence-corrected chi connectivity index (χ0v) is 15.7. The Balaban J connectivity index is 1.41. The molecule has 0 aliphatic heterocycles. The normalized spacial score (nSPS) is 17.1. The Morgan fingerprint density at radius 3 is 2.72 bits per heavy atom. The summed E-state index contributed by atoms with van der Waals surface area (Å²) in [5.41, 5.74) is 0.898. The third-order valence-electron chi connectivity index (χ3n) is 4.98. The highest BCUT2D eigenvalue weighted by molar-refractivity contribution is 7.99. The van der Waals surface area contributed by atoms with Crippen LogP contribution in [0.2, 0.25) is 5.02 Å². The molecule has 2 aliphatic carbocycles. The van der Waals surface area contributed by atoms with Crippen molar-refractivity contribution in [3.8, 4) is 5.69 Å². The van der Waals surface area contributed by atoms with Gasteiger partial charge in [-0.2, -0.15) is 0 Å². The van der Waals surface area contributed by atoms with Gasteiger partial charge in [-0.25, -0.2) is 0 Å². The highest BCUT2D eigenvalue weighted by atomic mass is 35.5. The summed E-state index contributed by atoms with van der Waals surface area (Å²) in [6.45, 7) is 0. The number of rotatable bonds is 7. The smallest absolute Gasteiger partial charge is 0.233 e. The Hall–Kier alpha value is -1.53. The van der Waals surface area contributed by atoms with Crippen LogP contribution in [-0.4, -0.2) is 44.4 Å². The molecule has 1 heterocycles. The Morgan fingerprint density at radius 1 is 1.36 bits per heavy atom. The van der Waals surface area contributed by atoms with Crippen molar-refractivity contribution in [1.29, 1.82) is 0 Å². The van der Waals surface area contributed by atoms with Crippen LogP contribution in [0.4, 0.5) is 0 Å². The van der Waals surface area contributed by atoms with Crippen LogP contribution in [0.15, 0.2) is 35.7 Å². The maximum absolute atomic E-state index is 12.7. The zero-order valence-electron chi connectivity index (χ0n) is 14.1. The van der Waals surface area contributed by atoms with Crippen molar-refractivity contribution in [2.45, 2.75) is 36.9 Å². The van der Waals surface area contributed by atoms with E-state index in [4.69, 9.17) is 11.6 Å². The number of carbonyl (C=O) groups is 1. The van der Waals surface area contributed by atoms with Crippen molar-refractivity contribution in [1.82, 2.24) is 19.7 Å². The Bertz CT molecular complexity index is 760. The molecule has 2 saturated carbocycles. The predicted octanol–water partition coefficient (Wildman–Crippen LogP) is 3.66. The second-order valence-electron chi connectivity index (χ2n) is 6.92. The van der Waals surface area contributed by atoms with Gasteiger partial charge in [-0.05, 0) is 55.7 Å². The number of hydrogen-bond acceptors (Lipinski definition) is 4. The minimum Gasteiger partial charge on any atom is -0.341 e. The molecule has 2 fully saturated rings. The van der Waals surface area contributed by atoms with Crippen molar-refractivity contribution in [2.24, 2.45) is 11.8 Å². The van der Waals surface area contributed by atoms with Gasteiger partial charge in [0.15, 0.2) is 5.16 Å². The number of aromatic nitrogens is 3. The van der Waals surface area contributed by atoms with E-state index in [1.807, 2.05) is 40.8 Å². The third-order valence-corrected chi connectivity index (χ3v) is 6.14. The molecular formula is C18H21ClN4OS. The number of halogens is 1. The van der Waals surface area contributed by atoms with E-state index in [0.29, 0.717) is 22.0 Å². The molecule has 0 radical (unpaired) electrons. The standard InChI is InChI=1S/C18H21ClN4OS/c1-22(17(12-5-6-12)13-7-8-13)16(24)10-25-18-21-20-11-23(18)15-4-2-3-14(19)9-15/h2-4,9,11-13,17H,5-8,10H2,1H3. The first kappa shape index (κ1) is 16.9. The summed E-state index contributed by atoms with van der Waals surface area (Å²) in [6, 6.07) is 7.97. The lowest BCUT2D eigenvalue weighted by atomic mass is 10.1. The number of amides is 1. The van der Waals surface area contributed by atoms with Crippen LogP contribution in [0.25, 0.3) is 5.69 Å². The molecule has 25 heavy (non-hydrogen) atoms. The van der Waals surface area contributed by atoms with E-state index in [1.165, 1.54) is 37.4 Å². The van der Waals surface area contributed by atoms with Crippen LogP contribution < -0.4 is 0 Å². The average Bonchev–Trinajstić information content (AvgIpc) is 3.53. The first-order valence-corrected chi connectivity index (χ1v) is 10.0. The van der Waals surface area contributed by atoms with Crippen LogP contribution in [0, 0.1) is 11.8 Å². The van der Waals surface area contributed by atoms with E-state index >= 15 is 0 Å². The molecule has 2 aliphatic rings. The lowest BCUT2D eigenvalue weighted by Crippen LogP contribution is -2.41. The van der Waals surface area contributed by atoms with Crippen molar-refractivity contribution < 1.29 is 4.79 Å². The molecule has 1 amide bonds. The fourth-order valence-electron chi connectivity index (χ4n) is 3.41. The third kappa shape index (κ3) is 3.85. The minimum absolute atomic E-state index is 0.175. The first-order chi connectivity index (χ1) is 12.1. The molecule has 0 atom stereocenters. The van der Waals surface area contributed by atoms with Crippen LogP contribution >= 0.6 is 23.4 Å². The fourth-order valence-corrected chi connectivity index (χ4v) is 4.45. The van der Waals surface area contributed by atoms with Crippen LogP contribution in [0.5, 0.6) is 0 Å². The van der Waals surface area contributed by atoms with E-state index in [0.717, 1.165) is 17.5 Å². The largest absolute Gasteiger partial charge is 0.341 e. The highest BCUT2D eigenvalue weighted by Crippen LogP contribution is 2.47. The molecule has 0 saturated heterocycles.